The summed E-state index contributed by atoms with van der Waals surface area (Å²) >= 11 is 0. The second kappa shape index (κ2) is 20.7. The number of unbranched alkanes of at least 4 members (excludes halogenated alkanes) is 3. The van der Waals surface area contributed by atoms with Crippen LogP contribution in [0.3, 0.4) is 0 Å². The van der Waals surface area contributed by atoms with E-state index in [0.717, 1.165) is 119 Å². The van der Waals surface area contributed by atoms with Gasteiger partial charge in [-0.3, -0.25) is 34.2 Å². The number of nitrogens with zero attached hydrogens (tertiary/aromatic N) is 6. The van der Waals surface area contributed by atoms with E-state index >= 15 is 0 Å². The molecule has 3 fully saturated rings. The molecule has 5 heterocycles. The van der Waals surface area contributed by atoms with Gasteiger partial charge < -0.3 is 20.0 Å². The van der Waals surface area contributed by atoms with Gasteiger partial charge in [-0.15, -0.1) is 0 Å². The highest BCUT2D eigenvalue weighted by molar-refractivity contribution is 6.05. The van der Waals surface area contributed by atoms with E-state index in [1.165, 1.54) is 6.08 Å². The van der Waals surface area contributed by atoms with Crippen LogP contribution in [0, 0.1) is 17.8 Å². The lowest BCUT2D eigenvalue weighted by molar-refractivity contribution is -0.137. The number of hydrogen-bond acceptors (Lipinski definition) is 9. The Labute approximate surface area is 352 Å². The number of rotatable bonds is 14. The average Bonchev–Trinajstić information content (AvgIpc) is 3.61. The number of anilines is 1. The maximum absolute atomic E-state index is 13.3. The lowest BCUT2D eigenvalue weighted by Crippen LogP contribution is -2.52. The van der Waals surface area contributed by atoms with Gasteiger partial charge in [0.1, 0.15) is 6.04 Å². The third-order valence-electron chi connectivity index (χ3n) is 11.9. The topological polar surface area (TPSA) is 148 Å². The lowest BCUT2D eigenvalue weighted by Gasteiger charge is -2.36. The van der Waals surface area contributed by atoms with Gasteiger partial charge in [0.2, 0.25) is 17.7 Å². The molecule has 0 spiro atoms. The van der Waals surface area contributed by atoms with Gasteiger partial charge in [0.15, 0.2) is 0 Å². The van der Waals surface area contributed by atoms with Gasteiger partial charge in [0, 0.05) is 93.7 Å². The summed E-state index contributed by atoms with van der Waals surface area (Å²) in [5.74, 6) is 6.19. The second-order valence-electron chi connectivity index (χ2n) is 15.9. The van der Waals surface area contributed by atoms with Gasteiger partial charge in [-0.05, 0) is 111 Å². The van der Waals surface area contributed by atoms with Gasteiger partial charge in [-0.25, -0.2) is 0 Å². The molecule has 13 nitrogen and oxygen atoms in total. The molecular formula is C47H54N8O5. The molecule has 1 aromatic heterocycles. The molecule has 3 aromatic rings. The number of amides is 5. The Bertz CT molecular complexity index is 2130. The van der Waals surface area contributed by atoms with Crippen LogP contribution >= 0.6 is 0 Å². The Hall–Kier alpha value is -6.13. The summed E-state index contributed by atoms with van der Waals surface area (Å²) in [6, 6.07) is 14.8. The molecule has 0 radical (unpaired) electrons. The van der Waals surface area contributed by atoms with Crippen molar-refractivity contribution in [3.05, 3.63) is 107 Å². The summed E-state index contributed by atoms with van der Waals surface area (Å²) in [7, 11) is 0. The molecule has 60 heavy (non-hydrogen) atoms. The maximum atomic E-state index is 13.3. The van der Waals surface area contributed by atoms with E-state index in [2.05, 4.69) is 60.7 Å². The van der Waals surface area contributed by atoms with Crippen LogP contribution in [0.5, 0.6) is 0 Å². The summed E-state index contributed by atoms with van der Waals surface area (Å²) in [4.78, 5) is 70.9. The predicted octanol–water partition coefficient (Wildman–Crippen LogP) is 4.60. The van der Waals surface area contributed by atoms with Crippen LogP contribution in [0.15, 0.2) is 79.2 Å². The molecule has 2 aromatic carbocycles. The van der Waals surface area contributed by atoms with E-state index in [4.69, 9.17) is 0 Å². The van der Waals surface area contributed by atoms with Crippen molar-refractivity contribution in [1.82, 2.24) is 35.5 Å². The Balaban J connectivity index is 0.749. The summed E-state index contributed by atoms with van der Waals surface area (Å²) in [6.07, 6.45) is 18.0. The summed E-state index contributed by atoms with van der Waals surface area (Å²) in [6.45, 7) is 7.32. The van der Waals surface area contributed by atoms with Crippen molar-refractivity contribution in [2.24, 2.45) is 5.92 Å². The Morgan fingerprint density at radius 1 is 0.883 bits per heavy atom. The molecule has 0 saturated carbocycles. The Morgan fingerprint density at radius 3 is 2.47 bits per heavy atom. The zero-order valence-corrected chi connectivity index (χ0v) is 34.2. The highest BCUT2D eigenvalue weighted by Crippen LogP contribution is 2.30. The van der Waals surface area contributed by atoms with E-state index in [0.29, 0.717) is 31.0 Å². The van der Waals surface area contributed by atoms with Crippen molar-refractivity contribution >= 4 is 41.3 Å². The first kappa shape index (κ1) is 42.0. The number of carbonyl (C=O) groups excluding carboxylic acids is 5. The van der Waals surface area contributed by atoms with Crippen molar-refractivity contribution in [2.45, 2.75) is 70.4 Å². The molecule has 4 aliphatic rings. The molecule has 7 rings (SSSR count). The first-order valence-corrected chi connectivity index (χ1v) is 21.3. The number of nitrogens with one attached hydrogen (secondary N) is 2. The second-order valence-corrected chi connectivity index (χ2v) is 15.9. The minimum absolute atomic E-state index is 0.100. The fourth-order valence-corrected chi connectivity index (χ4v) is 8.35. The lowest BCUT2D eigenvalue weighted by atomic mass is 9.93. The third-order valence-corrected chi connectivity index (χ3v) is 11.9. The van der Waals surface area contributed by atoms with Crippen LogP contribution in [-0.4, -0.2) is 113 Å². The molecule has 2 N–H and O–H groups in total. The van der Waals surface area contributed by atoms with E-state index in [1.807, 2.05) is 35.2 Å². The number of aromatic nitrogens is 2. The zero-order valence-electron chi connectivity index (χ0n) is 34.2. The first-order valence-electron chi connectivity index (χ1n) is 21.3. The highest BCUT2D eigenvalue weighted by Gasteiger charge is 2.39. The number of fused-ring (bicyclic) bond motifs is 1. The molecule has 5 amide bonds. The molecule has 312 valence electrons. The van der Waals surface area contributed by atoms with Crippen molar-refractivity contribution in [3.63, 3.8) is 0 Å². The van der Waals surface area contributed by atoms with Crippen molar-refractivity contribution in [1.29, 1.82) is 0 Å². The van der Waals surface area contributed by atoms with Crippen LogP contribution < -0.4 is 15.5 Å². The SMILES string of the molecule is O=C(/C=C/c1ccnnc1)NC/C=C/CC1CCN(C(=O)c2ccc(N3CCN(CCCCCC#Cc4cccc5c4CN(C4CCC(=O)NC4=O)C5=O)CC3)cc2)CC1. The number of benzene rings is 2. The van der Waals surface area contributed by atoms with Crippen LogP contribution in [0.25, 0.3) is 6.08 Å². The Morgan fingerprint density at radius 2 is 1.70 bits per heavy atom. The van der Waals surface area contributed by atoms with Crippen molar-refractivity contribution < 1.29 is 24.0 Å². The summed E-state index contributed by atoms with van der Waals surface area (Å²) < 4.78 is 0. The molecule has 13 heteroatoms. The largest absolute Gasteiger partial charge is 0.369 e. The number of imide groups is 1. The molecule has 1 unspecified atom stereocenters. The zero-order chi connectivity index (χ0) is 41.7. The quantitative estimate of drug-likeness (QED) is 0.0784. The van der Waals surface area contributed by atoms with Crippen molar-refractivity contribution in [3.8, 4) is 11.8 Å². The minimum Gasteiger partial charge on any atom is -0.369 e. The van der Waals surface area contributed by atoms with Gasteiger partial charge in [-0.1, -0.05) is 36.5 Å². The van der Waals surface area contributed by atoms with E-state index < -0.39 is 11.9 Å². The first-order chi connectivity index (χ1) is 29.3. The molecule has 0 aliphatic carbocycles. The maximum Gasteiger partial charge on any atom is 0.255 e. The monoisotopic (exact) mass is 810 g/mol. The van der Waals surface area contributed by atoms with Gasteiger partial charge in [-0.2, -0.15) is 10.2 Å². The molecule has 1 atom stereocenters. The van der Waals surface area contributed by atoms with Crippen molar-refractivity contribution in [2.75, 3.05) is 57.3 Å². The number of piperidine rings is 2. The predicted molar refractivity (Wildman–Crippen MR) is 229 cm³/mol. The van der Waals surface area contributed by atoms with Gasteiger partial charge in [0.05, 0.1) is 12.4 Å². The van der Waals surface area contributed by atoms with E-state index in [-0.39, 0.29) is 30.0 Å². The number of hydrogen-bond donors (Lipinski definition) is 2. The molecule has 4 aliphatic heterocycles. The molecule has 3 saturated heterocycles. The van der Waals surface area contributed by atoms with Gasteiger partial charge in [0.25, 0.3) is 11.8 Å². The van der Waals surface area contributed by atoms with E-state index in [1.54, 1.807) is 35.5 Å². The molecular weight excluding hydrogens is 757 g/mol. The smallest absolute Gasteiger partial charge is 0.255 e. The highest BCUT2D eigenvalue weighted by atomic mass is 16.2. The van der Waals surface area contributed by atoms with Crippen LogP contribution in [0.2, 0.25) is 0 Å². The third kappa shape index (κ3) is 11.1. The molecule has 0 bridgehead atoms. The fraction of sp³-hybridized carbons (Fsp3) is 0.426. The fourth-order valence-electron chi connectivity index (χ4n) is 8.35. The standard InChI is InChI=1S/C47H54N8O5/c56-43(19-13-36-21-25-49-50-33-36)48-24-6-5-9-35-22-27-54(28-23-35)46(59)38-14-16-39(17-15-38)53-31-29-52(30-32-53)26-7-3-1-2-4-10-37-11-8-12-40-41(37)34-55(47(40)60)42-18-20-44(57)51-45(42)58/h5-6,8,11-17,19,21,25,33,35,42H,1-3,7,9,18,20,22-24,26-32,34H2,(H,48,56)(H,51,57,58)/b6-5+,19-13+. The minimum atomic E-state index is -0.627. The Kier molecular flexibility index (Phi) is 14.5. The van der Waals surface area contributed by atoms with E-state index in [9.17, 15) is 24.0 Å². The average molecular weight is 811 g/mol. The summed E-state index contributed by atoms with van der Waals surface area (Å²) in [5.41, 5.74) is 5.01. The number of allylic oxidation sites excluding steroid dienone is 1. The van der Waals surface area contributed by atoms with Crippen LogP contribution in [-0.2, 0) is 20.9 Å². The number of carbonyl (C=O) groups is 5. The summed E-state index contributed by atoms with van der Waals surface area (Å²) in [5, 5.41) is 12.7. The van der Waals surface area contributed by atoms with Gasteiger partial charge >= 0.3 is 0 Å². The number of likely N-dealkylation sites (tertiary alicyclic amines) is 1. The normalized spacial score (nSPS) is 18.8. The van der Waals surface area contributed by atoms with Crippen LogP contribution in [0.1, 0.15) is 95.2 Å². The number of piperazine rings is 1. The van der Waals surface area contributed by atoms with Crippen LogP contribution in [0.4, 0.5) is 5.69 Å².